The van der Waals surface area contributed by atoms with Gasteiger partial charge in [0, 0.05) is 16.7 Å². The maximum Gasteiger partial charge on any atom is 0.248 e. The molecular formula is C23H22N2OS. The van der Waals surface area contributed by atoms with Crippen LogP contribution in [0.1, 0.15) is 16.7 Å². The fourth-order valence-electron chi connectivity index (χ4n) is 2.48. The molecule has 3 nitrogen and oxygen atoms in total. The Hall–Kier alpha value is -2.98. The van der Waals surface area contributed by atoms with Crippen molar-refractivity contribution in [3.63, 3.8) is 0 Å². The fraction of sp³-hybridized carbons (Fsp3) is 0.0870. The number of thioether (sulfide) groups is 1. The molecule has 4 heteroatoms. The van der Waals surface area contributed by atoms with Gasteiger partial charge in [0.05, 0.1) is 11.4 Å². The number of nitrogens with one attached hydrogen (secondary N) is 1. The van der Waals surface area contributed by atoms with E-state index in [9.17, 15) is 4.79 Å². The Bertz CT molecular complexity index is 931. The zero-order valence-electron chi connectivity index (χ0n) is 15.2. The predicted molar refractivity (Wildman–Crippen MR) is 116 cm³/mol. The second-order valence-corrected chi connectivity index (χ2v) is 7.30. The SMILES string of the molecule is Cc1ccc(SCc2ccc(/C=C/C(=O)Nc3ccccc3N)cc2)cc1. The number of aryl methyl sites for hydroxylation is 1. The molecule has 136 valence electrons. The molecule has 0 aromatic heterocycles. The highest BCUT2D eigenvalue weighted by Crippen LogP contribution is 2.23. The number of benzene rings is 3. The van der Waals surface area contributed by atoms with Crippen LogP contribution < -0.4 is 11.1 Å². The molecule has 3 N–H and O–H groups in total. The topological polar surface area (TPSA) is 55.1 Å². The van der Waals surface area contributed by atoms with Gasteiger partial charge in [-0.05, 0) is 48.4 Å². The first-order chi connectivity index (χ1) is 13.1. The third-order valence-electron chi connectivity index (χ3n) is 4.05. The van der Waals surface area contributed by atoms with Crippen LogP contribution in [-0.2, 0) is 10.5 Å². The van der Waals surface area contributed by atoms with E-state index in [4.69, 9.17) is 5.73 Å². The summed E-state index contributed by atoms with van der Waals surface area (Å²) in [5, 5.41) is 2.78. The summed E-state index contributed by atoms with van der Waals surface area (Å²) in [4.78, 5) is 13.3. The van der Waals surface area contributed by atoms with Crippen molar-refractivity contribution in [2.24, 2.45) is 0 Å². The Morgan fingerprint density at radius 1 is 1.00 bits per heavy atom. The number of nitrogens with two attached hydrogens (primary N) is 1. The molecule has 3 rings (SSSR count). The minimum Gasteiger partial charge on any atom is -0.397 e. The van der Waals surface area contributed by atoms with Crippen LogP contribution in [0, 0.1) is 6.92 Å². The van der Waals surface area contributed by atoms with Crippen molar-refractivity contribution in [3.05, 3.63) is 95.6 Å². The summed E-state index contributed by atoms with van der Waals surface area (Å²) >= 11 is 1.81. The standard InChI is InChI=1S/C23H22N2OS/c1-17-6-13-20(14-7-17)27-16-19-10-8-18(9-11-19)12-15-23(26)25-22-5-3-2-4-21(22)24/h2-15H,16,24H2,1H3,(H,25,26)/b15-12+. The molecule has 0 aliphatic carbocycles. The number of para-hydroxylation sites is 2. The molecule has 0 saturated heterocycles. The maximum atomic E-state index is 12.0. The van der Waals surface area contributed by atoms with Crippen LogP contribution in [-0.4, -0.2) is 5.91 Å². The third kappa shape index (κ3) is 5.76. The van der Waals surface area contributed by atoms with Gasteiger partial charge in [0.1, 0.15) is 0 Å². The highest BCUT2D eigenvalue weighted by atomic mass is 32.2. The minimum absolute atomic E-state index is 0.202. The molecule has 3 aromatic carbocycles. The lowest BCUT2D eigenvalue weighted by Crippen LogP contribution is -2.09. The average molecular weight is 375 g/mol. The van der Waals surface area contributed by atoms with Crippen molar-refractivity contribution in [2.75, 3.05) is 11.1 Å². The summed E-state index contributed by atoms with van der Waals surface area (Å²) in [5.41, 5.74) is 10.5. The second-order valence-electron chi connectivity index (χ2n) is 6.25. The Kier molecular flexibility index (Phi) is 6.34. The summed E-state index contributed by atoms with van der Waals surface area (Å²) < 4.78 is 0. The molecule has 1 amide bonds. The number of hydrogen-bond donors (Lipinski definition) is 2. The van der Waals surface area contributed by atoms with E-state index in [0.717, 1.165) is 11.3 Å². The van der Waals surface area contributed by atoms with Crippen LogP contribution in [0.25, 0.3) is 6.08 Å². The van der Waals surface area contributed by atoms with Crippen molar-refractivity contribution in [2.45, 2.75) is 17.6 Å². The summed E-state index contributed by atoms with van der Waals surface area (Å²) in [7, 11) is 0. The molecule has 0 saturated carbocycles. The van der Waals surface area contributed by atoms with E-state index in [1.807, 2.05) is 36.0 Å². The molecule has 0 spiro atoms. The number of carbonyl (C=O) groups excluding carboxylic acids is 1. The molecule has 0 radical (unpaired) electrons. The van der Waals surface area contributed by atoms with Crippen molar-refractivity contribution in [3.8, 4) is 0 Å². The molecule has 0 atom stereocenters. The van der Waals surface area contributed by atoms with E-state index < -0.39 is 0 Å². The minimum atomic E-state index is -0.202. The van der Waals surface area contributed by atoms with Gasteiger partial charge in [-0.15, -0.1) is 11.8 Å². The van der Waals surface area contributed by atoms with E-state index >= 15 is 0 Å². The van der Waals surface area contributed by atoms with E-state index in [2.05, 4.69) is 48.6 Å². The Morgan fingerprint density at radius 3 is 2.41 bits per heavy atom. The first-order valence-corrected chi connectivity index (χ1v) is 9.71. The predicted octanol–water partition coefficient (Wildman–Crippen LogP) is 5.52. The Balaban J connectivity index is 1.53. The monoisotopic (exact) mass is 374 g/mol. The van der Waals surface area contributed by atoms with Crippen LogP contribution in [0.5, 0.6) is 0 Å². The Labute approximate surface area is 164 Å². The van der Waals surface area contributed by atoms with Crippen LogP contribution in [0.4, 0.5) is 11.4 Å². The molecule has 0 fully saturated rings. The van der Waals surface area contributed by atoms with Crippen LogP contribution in [0.15, 0.2) is 83.8 Å². The first-order valence-electron chi connectivity index (χ1n) is 8.72. The number of amides is 1. The largest absolute Gasteiger partial charge is 0.397 e. The number of nitrogen functional groups attached to an aromatic ring is 1. The van der Waals surface area contributed by atoms with Crippen LogP contribution in [0.2, 0.25) is 0 Å². The van der Waals surface area contributed by atoms with Gasteiger partial charge in [-0.1, -0.05) is 54.1 Å². The van der Waals surface area contributed by atoms with Crippen molar-refractivity contribution >= 4 is 35.1 Å². The van der Waals surface area contributed by atoms with E-state index in [0.29, 0.717) is 11.4 Å². The number of carbonyl (C=O) groups is 1. The summed E-state index contributed by atoms with van der Waals surface area (Å²) in [6.07, 6.45) is 3.31. The van der Waals surface area contributed by atoms with Gasteiger partial charge in [0.2, 0.25) is 5.91 Å². The van der Waals surface area contributed by atoms with Gasteiger partial charge >= 0.3 is 0 Å². The molecule has 0 bridgehead atoms. The molecule has 3 aromatic rings. The second kappa shape index (κ2) is 9.10. The fourth-order valence-corrected chi connectivity index (χ4v) is 3.34. The molecule has 27 heavy (non-hydrogen) atoms. The molecular weight excluding hydrogens is 352 g/mol. The van der Waals surface area contributed by atoms with E-state index in [-0.39, 0.29) is 5.91 Å². The van der Waals surface area contributed by atoms with Crippen molar-refractivity contribution < 1.29 is 4.79 Å². The van der Waals surface area contributed by atoms with Gasteiger partial charge in [-0.3, -0.25) is 4.79 Å². The van der Waals surface area contributed by atoms with Gasteiger partial charge < -0.3 is 11.1 Å². The first kappa shape index (κ1) is 18.8. The molecule has 0 unspecified atom stereocenters. The van der Waals surface area contributed by atoms with Gasteiger partial charge in [0.25, 0.3) is 0 Å². The highest BCUT2D eigenvalue weighted by Gasteiger charge is 2.01. The van der Waals surface area contributed by atoms with E-state index in [1.54, 1.807) is 18.2 Å². The zero-order valence-corrected chi connectivity index (χ0v) is 16.0. The lowest BCUT2D eigenvalue weighted by atomic mass is 10.1. The third-order valence-corrected chi connectivity index (χ3v) is 5.14. The Morgan fingerprint density at radius 2 is 1.70 bits per heavy atom. The lowest BCUT2D eigenvalue weighted by molar-refractivity contribution is -0.111. The van der Waals surface area contributed by atoms with Crippen molar-refractivity contribution in [1.29, 1.82) is 0 Å². The molecule has 0 aliphatic rings. The zero-order chi connectivity index (χ0) is 19.1. The number of hydrogen-bond acceptors (Lipinski definition) is 3. The number of rotatable bonds is 6. The van der Waals surface area contributed by atoms with Gasteiger partial charge in [-0.25, -0.2) is 0 Å². The summed E-state index contributed by atoms with van der Waals surface area (Å²) in [6, 6.07) is 24.0. The van der Waals surface area contributed by atoms with E-state index in [1.165, 1.54) is 22.1 Å². The molecule has 0 heterocycles. The highest BCUT2D eigenvalue weighted by molar-refractivity contribution is 7.98. The smallest absolute Gasteiger partial charge is 0.248 e. The summed E-state index contributed by atoms with van der Waals surface area (Å²) in [6.45, 7) is 2.09. The van der Waals surface area contributed by atoms with Gasteiger partial charge in [-0.2, -0.15) is 0 Å². The van der Waals surface area contributed by atoms with Crippen LogP contribution >= 0.6 is 11.8 Å². The lowest BCUT2D eigenvalue weighted by Gasteiger charge is -2.05. The van der Waals surface area contributed by atoms with Gasteiger partial charge in [0.15, 0.2) is 0 Å². The molecule has 0 aliphatic heterocycles. The van der Waals surface area contributed by atoms with Crippen LogP contribution in [0.3, 0.4) is 0 Å². The average Bonchev–Trinajstić information content (AvgIpc) is 2.68. The number of anilines is 2. The maximum absolute atomic E-state index is 12.0. The van der Waals surface area contributed by atoms with Crippen molar-refractivity contribution in [1.82, 2.24) is 0 Å². The normalized spacial score (nSPS) is 10.9. The quantitative estimate of drug-likeness (QED) is 0.339. The summed E-state index contributed by atoms with van der Waals surface area (Å²) in [5.74, 6) is 0.716.